The van der Waals surface area contributed by atoms with Crippen LogP contribution in [0.5, 0.6) is 0 Å². The highest BCUT2D eigenvalue weighted by molar-refractivity contribution is 5.73. The molecule has 0 fully saturated rings. The van der Waals surface area contributed by atoms with Crippen molar-refractivity contribution in [1.82, 2.24) is 10.2 Å². The van der Waals surface area contributed by atoms with Gasteiger partial charge in [-0.2, -0.15) is 0 Å². The zero-order valence-corrected chi connectivity index (χ0v) is 11.3. The Balaban J connectivity index is 2.47. The highest BCUT2D eigenvalue weighted by Crippen LogP contribution is 2.13. The highest BCUT2D eigenvalue weighted by Gasteiger charge is 2.12. The zero-order chi connectivity index (χ0) is 15.3. The highest BCUT2D eigenvalue weighted by atomic mass is 19.2. The molecule has 0 aromatic heterocycles. The summed E-state index contributed by atoms with van der Waals surface area (Å²) in [4.78, 5) is 12.8. The fraction of sp³-hybridized carbons (Fsp3) is 0.462. The molecule has 0 aliphatic carbocycles. The van der Waals surface area contributed by atoms with E-state index in [1.54, 1.807) is 6.92 Å². The van der Waals surface area contributed by atoms with E-state index >= 15 is 0 Å². The molecule has 0 radical (unpaired) electrons. The maximum Gasteiger partial charge on any atom is 0.317 e. The average Bonchev–Trinajstić information content (AvgIpc) is 2.34. The Morgan fingerprint density at radius 1 is 1.35 bits per heavy atom. The predicted molar refractivity (Wildman–Crippen MR) is 67.7 cm³/mol. The fourth-order valence-electron chi connectivity index (χ4n) is 1.68. The Hall–Kier alpha value is -1.76. The Morgan fingerprint density at radius 2 is 1.90 bits per heavy atom. The number of rotatable bonds is 5. The molecule has 4 nitrogen and oxygen atoms in total. The van der Waals surface area contributed by atoms with Crippen LogP contribution in [0.2, 0.25) is 0 Å². The standard InChI is InChI=1S/C13H17F3N2O2/c1-8(19)7-18(2)13(20)17-4-3-9-5-10(14)12(16)11(15)6-9/h5-6,8,19H,3-4,7H2,1-2H3,(H,17,20). The quantitative estimate of drug-likeness (QED) is 0.811. The van der Waals surface area contributed by atoms with E-state index in [0.717, 1.165) is 12.1 Å². The molecular formula is C13H17F3N2O2. The lowest BCUT2D eigenvalue weighted by Gasteiger charge is -2.19. The van der Waals surface area contributed by atoms with E-state index in [1.807, 2.05) is 0 Å². The Morgan fingerprint density at radius 3 is 2.40 bits per heavy atom. The molecule has 7 heteroatoms. The van der Waals surface area contributed by atoms with E-state index < -0.39 is 29.6 Å². The monoisotopic (exact) mass is 290 g/mol. The lowest BCUT2D eigenvalue weighted by molar-refractivity contribution is 0.144. The summed E-state index contributed by atoms with van der Waals surface area (Å²) in [6.45, 7) is 1.87. The molecular weight excluding hydrogens is 273 g/mol. The number of carbonyl (C=O) groups is 1. The summed E-state index contributed by atoms with van der Waals surface area (Å²) < 4.78 is 38.7. The summed E-state index contributed by atoms with van der Waals surface area (Å²) in [5.41, 5.74) is 0.250. The molecule has 0 aliphatic rings. The molecule has 2 amide bonds. The number of nitrogens with one attached hydrogen (secondary N) is 1. The van der Waals surface area contributed by atoms with E-state index in [-0.39, 0.29) is 25.1 Å². The van der Waals surface area contributed by atoms with Crippen LogP contribution in [0.3, 0.4) is 0 Å². The summed E-state index contributed by atoms with van der Waals surface area (Å²) in [6, 6.07) is 1.38. The van der Waals surface area contributed by atoms with Crippen LogP contribution < -0.4 is 5.32 Å². The van der Waals surface area contributed by atoms with Crippen LogP contribution in [0.15, 0.2) is 12.1 Å². The van der Waals surface area contributed by atoms with Crippen molar-refractivity contribution in [2.24, 2.45) is 0 Å². The van der Waals surface area contributed by atoms with Gasteiger partial charge in [0.1, 0.15) is 0 Å². The molecule has 1 aromatic rings. The Bertz CT molecular complexity index is 458. The zero-order valence-electron chi connectivity index (χ0n) is 11.3. The topological polar surface area (TPSA) is 52.6 Å². The van der Waals surface area contributed by atoms with E-state index in [2.05, 4.69) is 5.32 Å². The number of amides is 2. The van der Waals surface area contributed by atoms with Gasteiger partial charge in [0.05, 0.1) is 6.10 Å². The molecule has 0 saturated carbocycles. The van der Waals surface area contributed by atoms with Gasteiger partial charge in [-0.1, -0.05) is 0 Å². The molecule has 0 bridgehead atoms. The summed E-state index contributed by atoms with van der Waals surface area (Å²) in [5, 5.41) is 11.6. The second-order valence-corrected chi connectivity index (χ2v) is 4.58. The largest absolute Gasteiger partial charge is 0.392 e. The van der Waals surface area contributed by atoms with Gasteiger partial charge in [-0.05, 0) is 31.0 Å². The Kier molecular flexibility index (Phi) is 5.82. The van der Waals surface area contributed by atoms with Crippen LogP contribution in [0.1, 0.15) is 12.5 Å². The molecule has 0 spiro atoms. The van der Waals surface area contributed by atoms with Gasteiger partial charge in [0.25, 0.3) is 0 Å². The minimum atomic E-state index is -1.51. The molecule has 0 heterocycles. The van der Waals surface area contributed by atoms with Gasteiger partial charge >= 0.3 is 6.03 Å². The van der Waals surface area contributed by atoms with E-state index in [4.69, 9.17) is 5.11 Å². The third-order valence-electron chi connectivity index (χ3n) is 2.62. The SMILES string of the molecule is CC(O)CN(C)C(=O)NCCc1cc(F)c(F)c(F)c1. The number of hydrogen-bond donors (Lipinski definition) is 2. The molecule has 0 aliphatic heterocycles. The van der Waals surface area contributed by atoms with Crippen LogP contribution in [-0.2, 0) is 6.42 Å². The minimum Gasteiger partial charge on any atom is -0.392 e. The average molecular weight is 290 g/mol. The second kappa shape index (κ2) is 7.14. The molecule has 0 saturated heterocycles. The maximum atomic E-state index is 13.0. The third kappa shape index (κ3) is 4.73. The first kappa shape index (κ1) is 16.3. The van der Waals surface area contributed by atoms with Gasteiger partial charge in [0, 0.05) is 20.1 Å². The van der Waals surface area contributed by atoms with E-state index in [1.165, 1.54) is 11.9 Å². The van der Waals surface area contributed by atoms with Gasteiger partial charge in [-0.15, -0.1) is 0 Å². The normalized spacial score (nSPS) is 12.1. The molecule has 20 heavy (non-hydrogen) atoms. The summed E-state index contributed by atoms with van der Waals surface area (Å²) in [6.07, 6.45) is -0.478. The van der Waals surface area contributed by atoms with Crippen molar-refractivity contribution in [3.05, 3.63) is 35.1 Å². The van der Waals surface area contributed by atoms with Crippen molar-refractivity contribution in [3.63, 3.8) is 0 Å². The maximum absolute atomic E-state index is 13.0. The van der Waals surface area contributed by atoms with Gasteiger partial charge in [0.15, 0.2) is 17.5 Å². The van der Waals surface area contributed by atoms with Crippen LogP contribution in [0.25, 0.3) is 0 Å². The number of carbonyl (C=O) groups excluding carboxylic acids is 1. The Labute approximate surface area is 115 Å². The smallest absolute Gasteiger partial charge is 0.317 e. The number of hydrogen-bond acceptors (Lipinski definition) is 2. The van der Waals surface area contributed by atoms with Crippen LogP contribution in [0, 0.1) is 17.5 Å². The number of benzene rings is 1. The van der Waals surface area contributed by atoms with Crippen molar-refractivity contribution in [3.8, 4) is 0 Å². The number of halogens is 3. The van der Waals surface area contributed by atoms with Crippen molar-refractivity contribution >= 4 is 6.03 Å². The van der Waals surface area contributed by atoms with Crippen molar-refractivity contribution < 1.29 is 23.1 Å². The molecule has 1 rings (SSSR count). The lowest BCUT2D eigenvalue weighted by Crippen LogP contribution is -2.41. The van der Waals surface area contributed by atoms with E-state index in [9.17, 15) is 18.0 Å². The molecule has 1 aromatic carbocycles. The van der Waals surface area contributed by atoms with E-state index in [0.29, 0.717) is 0 Å². The lowest BCUT2D eigenvalue weighted by atomic mass is 10.1. The number of urea groups is 1. The number of aliphatic hydroxyl groups is 1. The van der Waals surface area contributed by atoms with Crippen molar-refractivity contribution in [2.45, 2.75) is 19.4 Å². The minimum absolute atomic E-state index is 0.146. The molecule has 1 atom stereocenters. The van der Waals surface area contributed by atoms with Gasteiger partial charge in [-0.3, -0.25) is 0 Å². The van der Waals surface area contributed by atoms with Crippen molar-refractivity contribution in [1.29, 1.82) is 0 Å². The number of aliphatic hydroxyl groups excluding tert-OH is 1. The third-order valence-corrected chi connectivity index (χ3v) is 2.62. The summed E-state index contributed by atoms with van der Waals surface area (Å²) >= 11 is 0. The van der Waals surface area contributed by atoms with Crippen molar-refractivity contribution in [2.75, 3.05) is 20.1 Å². The summed E-state index contributed by atoms with van der Waals surface area (Å²) in [5.74, 6) is -4.01. The van der Waals surface area contributed by atoms with Crippen LogP contribution in [0.4, 0.5) is 18.0 Å². The van der Waals surface area contributed by atoms with Crippen LogP contribution >= 0.6 is 0 Å². The van der Waals surface area contributed by atoms with Gasteiger partial charge in [0.2, 0.25) is 0 Å². The summed E-state index contributed by atoms with van der Waals surface area (Å²) in [7, 11) is 1.51. The fourth-order valence-corrected chi connectivity index (χ4v) is 1.68. The second-order valence-electron chi connectivity index (χ2n) is 4.58. The molecule has 2 N–H and O–H groups in total. The van der Waals surface area contributed by atoms with Gasteiger partial charge in [-0.25, -0.2) is 18.0 Å². The first-order valence-electron chi connectivity index (χ1n) is 6.11. The van der Waals surface area contributed by atoms with Crippen LogP contribution in [-0.4, -0.2) is 42.3 Å². The predicted octanol–water partition coefficient (Wildman–Crippen LogP) is 1.67. The number of nitrogens with zero attached hydrogens (tertiary/aromatic N) is 1. The molecule has 112 valence electrons. The first-order chi connectivity index (χ1) is 9.31. The van der Waals surface area contributed by atoms with Gasteiger partial charge < -0.3 is 15.3 Å². The first-order valence-corrected chi connectivity index (χ1v) is 6.11. The molecule has 1 unspecified atom stereocenters. The number of likely N-dealkylation sites (N-methyl/N-ethyl adjacent to an activating group) is 1.